The Bertz CT molecular complexity index is 381. The molecule has 0 bridgehead atoms. The van der Waals surface area contributed by atoms with E-state index in [0.29, 0.717) is 0 Å². The molecule has 0 aliphatic carbocycles. The highest BCUT2D eigenvalue weighted by atomic mass is 19.4. The zero-order valence-corrected chi connectivity index (χ0v) is 9.21. The third-order valence-corrected chi connectivity index (χ3v) is 2.00. The lowest BCUT2D eigenvalue weighted by atomic mass is 9.79. The van der Waals surface area contributed by atoms with Gasteiger partial charge in [0, 0.05) is 0 Å². The van der Waals surface area contributed by atoms with Gasteiger partial charge in [-0.25, -0.2) is 0 Å². The maximum absolute atomic E-state index is 12.6. The highest BCUT2D eigenvalue weighted by molar-refractivity contribution is 6.74. The van der Waals surface area contributed by atoms with Crippen molar-refractivity contribution >= 4 is 12.4 Å². The summed E-state index contributed by atoms with van der Waals surface area (Å²) >= 11 is 0. The Kier molecular flexibility index (Phi) is 4.04. The highest BCUT2D eigenvalue weighted by Crippen LogP contribution is 2.17. The molecule has 5 heteroatoms. The minimum atomic E-state index is -5.02. The van der Waals surface area contributed by atoms with Gasteiger partial charge >= 0.3 is 6.98 Å². The quantitative estimate of drug-likeness (QED) is 0.569. The van der Waals surface area contributed by atoms with E-state index < -0.39 is 12.4 Å². The van der Waals surface area contributed by atoms with Crippen molar-refractivity contribution < 1.29 is 17.7 Å². The second-order valence-electron chi connectivity index (χ2n) is 3.71. The number of para-hydroxylation sites is 1. The summed E-state index contributed by atoms with van der Waals surface area (Å²) in [4.78, 5) is 0. The van der Waals surface area contributed by atoms with Gasteiger partial charge in [0.1, 0.15) is 6.61 Å². The van der Waals surface area contributed by atoms with Gasteiger partial charge in [0.25, 0.3) is 0 Å². The van der Waals surface area contributed by atoms with Crippen LogP contribution in [-0.4, -0.2) is 13.6 Å². The van der Waals surface area contributed by atoms with E-state index >= 15 is 0 Å². The van der Waals surface area contributed by atoms with Gasteiger partial charge in [0.15, 0.2) is 0 Å². The molecule has 0 fully saturated rings. The maximum atomic E-state index is 12.6. The number of allylic oxidation sites excluding steroid dienone is 1. The molecule has 0 saturated heterocycles. The highest BCUT2D eigenvalue weighted by Gasteiger charge is 2.28. The van der Waals surface area contributed by atoms with Crippen molar-refractivity contribution in [3.8, 4) is 5.75 Å². The van der Waals surface area contributed by atoms with Crippen molar-refractivity contribution in [1.82, 2.24) is 0 Å². The van der Waals surface area contributed by atoms with Crippen LogP contribution in [0, 0.1) is 0 Å². The molecule has 0 amide bonds. The van der Waals surface area contributed by atoms with Crippen LogP contribution in [-0.2, 0) is 0 Å². The van der Waals surface area contributed by atoms with Gasteiger partial charge in [-0.15, -0.1) is 0 Å². The Hall–Kier alpha value is -1.39. The Morgan fingerprint density at radius 2 is 1.88 bits per heavy atom. The number of ether oxygens (including phenoxy) is 1. The average Bonchev–Trinajstić information content (AvgIpc) is 2.16. The summed E-state index contributed by atoms with van der Waals surface area (Å²) in [5.74, 6) is -0.104. The van der Waals surface area contributed by atoms with Crippen molar-refractivity contribution in [1.29, 1.82) is 0 Å². The second-order valence-corrected chi connectivity index (χ2v) is 3.71. The van der Waals surface area contributed by atoms with E-state index in [4.69, 9.17) is 4.74 Å². The van der Waals surface area contributed by atoms with Crippen LogP contribution in [0.4, 0.5) is 12.9 Å². The first-order valence-corrected chi connectivity index (χ1v) is 4.96. The van der Waals surface area contributed by atoms with Gasteiger partial charge < -0.3 is 17.7 Å². The molecule has 0 N–H and O–H groups in total. The van der Waals surface area contributed by atoms with Gasteiger partial charge in [0.05, 0.1) is 5.75 Å². The molecule has 0 spiro atoms. The lowest BCUT2D eigenvalue weighted by Crippen LogP contribution is -2.35. The summed E-state index contributed by atoms with van der Waals surface area (Å²) in [6, 6.07) is 5.27. The molecule has 0 heterocycles. The molecule has 1 rings (SSSR count). The minimum Gasteiger partial charge on any atom is -0.493 e. The SMILES string of the molecule is CC(C)=CCOc1ccccc1[B-](F)(F)F. The Balaban J connectivity index is 2.84. The molecule has 0 aromatic heterocycles. The van der Waals surface area contributed by atoms with Crippen LogP contribution in [0.25, 0.3) is 0 Å². The van der Waals surface area contributed by atoms with E-state index in [1.165, 1.54) is 18.2 Å². The normalized spacial score (nSPS) is 11.1. The minimum absolute atomic E-state index is 0.104. The molecular weight excluding hydrogens is 216 g/mol. The van der Waals surface area contributed by atoms with E-state index in [1.807, 2.05) is 13.8 Å². The van der Waals surface area contributed by atoms with E-state index in [2.05, 4.69) is 0 Å². The number of hydrogen-bond acceptors (Lipinski definition) is 1. The Morgan fingerprint density at radius 1 is 1.25 bits per heavy atom. The topological polar surface area (TPSA) is 9.23 Å². The molecule has 1 aromatic carbocycles. The third-order valence-electron chi connectivity index (χ3n) is 2.00. The van der Waals surface area contributed by atoms with Crippen LogP contribution < -0.4 is 10.2 Å². The second kappa shape index (κ2) is 5.10. The van der Waals surface area contributed by atoms with E-state index in [9.17, 15) is 12.9 Å². The van der Waals surface area contributed by atoms with Crippen LogP contribution in [0.3, 0.4) is 0 Å². The summed E-state index contributed by atoms with van der Waals surface area (Å²) in [7, 11) is 0. The summed E-state index contributed by atoms with van der Waals surface area (Å²) in [6.45, 7) is -1.13. The van der Waals surface area contributed by atoms with Gasteiger partial charge in [-0.3, -0.25) is 0 Å². The monoisotopic (exact) mass is 229 g/mol. The first kappa shape index (κ1) is 12.7. The number of benzene rings is 1. The molecule has 1 nitrogen and oxygen atoms in total. The van der Waals surface area contributed by atoms with Gasteiger partial charge in [0.2, 0.25) is 0 Å². The van der Waals surface area contributed by atoms with E-state index in [-0.39, 0.29) is 12.4 Å². The molecule has 0 radical (unpaired) electrons. The Morgan fingerprint density at radius 3 is 2.44 bits per heavy atom. The molecule has 0 atom stereocenters. The summed E-state index contributed by atoms with van der Waals surface area (Å²) in [5, 5.41) is 0. The smallest absolute Gasteiger partial charge is 0.493 e. The molecule has 0 aliphatic rings. The lowest BCUT2D eigenvalue weighted by molar-refractivity contribution is 0.362. The number of rotatable bonds is 4. The summed E-state index contributed by atoms with van der Waals surface area (Å²) < 4.78 is 42.9. The van der Waals surface area contributed by atoms with Crippen LogP contribution in [0.5, 0.6) is 5.75 Å². The zero-order chi connectivity index (χ0) is 12.2. The van der Waals surface area contributed by atoms with Gasteiger partial charge in [-0.05, 0) is 26.0 Å². The molecule has 1 aromatic rings. The van der Waals surface area contributed by atoms with Crippen molar-refractivity contribution in [3.63, 3.8) is 0 Å². The zero-order valence-electron chi connectivity index (χ0n) is 9.21. The van der Waals surface area contributed by atoms with Crippen molar-refractivity contribution in [2.75, 3.05) is 6.61 Å². The van der Waals surface area contributed by atoms with Crippen molar-refractivity contribution in [2.24, 2.45) is 0 Å². The fourth-order valence-corrected chi connectivity index (χ4v) is 1.18. The molecular formula is C11H13BF3O-. The van der Waals surface area contributed by atoms with Crippen molar-refractivity contribution in [3.05, 3.63) is 35.9 Å². The summed E-state index contributed by atoms with van der Waals surface area (Å²) in [6.07, 6.45) is 1.74. The van der Waals surface area contributed by atoms with Crippen LogP contribution in [0.1, 0.15) is 13.8 Å². The van der Waals surface area contributed by atoms with Crippen LogP contribution >= 0.6 is 0 Å². The largest absolute Gasteiger partial charge is 0.513 e. The number of halogens is 3. The first-order valence-electron chi connectivity index (χ1n) is 4.96. The standard InChI is InChI=1S/C11H13BF3O/c1-9(2)7-8-16-11-6-4-3-5-10(11)12(13,14)15/h3-7H,8H2,1-2H3/q-1. The molecule has 0 aliphatic heterocycles. The third kappa shape index (κ3) is 3.64. The summed E-state index contributed by atoms with van der Waals surface area (Å²) in [5.41, 5.74) is 0.333. The maximum Gasteiger partial charge on any atom is 0.513 e. The molecule has 0 unspecified atom stereocenters. The molecule has 88 valence electrons. The Labute approximate surface area is 93.0 Å². The number of hydrogen-bond donors (Lipinski definition) is 0. The molecule has 16 heavy (non-hydrogen) atoms. The van der Waals surface area contributed by atoms with E-state index in [1.54, 1.807) is 6.08 Å². The lowest BCUT2D eigenvalue weighted by Gasteiger charge is -2.19. The first-order chi connectivity index (χ1) is 7.41. The molecule has 0 saturated carbocycles. The van der Waals surface area contributed by atoms with Crippen LogP contribution in [0.2, 0.25) is 0 Å². The average molecular weight is 229 g/mol. The van der Waals surface area contributed by atoms with Crippen LogP contribution in [0.15, 0.2) is 35.9 Å². The van der Waals surface area contributed by atoms with Crippen molar-refractivity contribution in [2.45, 2.75) is 13.8 Å². The predicted molar refractivity (Wildman–Crippen MR) is 60.1 cm³/mol. The fraction of sp³-hybridized carbons (Fsp3) is 0.273. The van der Waals surface area contributed by atoms with Gasteiger partial charge in [-0.2, -0.15) is 0 Å². The van der Waals surface area contributed by atoms with Gasteiger partial charge in [-0.1, -0.05) is 29.2 Å². The fourth-order valence-electron chi connectivity index (χ4n) is 1.18. The predicted octanol–water partition coefficient (Wildman–Crippen LogP) is 3.09. The van der Waals surface area contributed by atoms with E-state index in [0.717, 1.165) is 11.6 Å².